The number of hydrogen-bond donors (Lipinski definition) is 0. The normalized spacial score (nSPS) is 35.1. The van der Waals surface area contributed by atoms with Crippen LogP contribution in [0.25, 0.3) is 0 Å². The maximum Gasteiger partial charge on any atom is 0.306 e. The third kappa shape index (κ3) is 4.91. The molecule has 140 valence electrons. The van der Waals surface area contributed by atoms with Gasteiger partial charge in [-0.3, -0.25) is 9.59 Å². The Morgan fingerprint density at radius 3 is 2.96 bits per heavy atom. The van der Waals surface area contributed by atoms with E-state index in [0.29, 0.717) is 19.3 Å². The third-order valence-electron chi connectivity index (χ3n) is 5.55. The summed E-state index contributed by atoms with van der Waals surface area (Å²) in [4.78, 5) is 23.7. The van der Waals surface area contributed by atoms with Gasteiger partial charge < -0.3 is 14.2 Å². The fourth-order valence-electron chi connectivity index (χ4n) is 4.17. The van der Waals surface area contributed by atoms with Crippen molar-refractivity contribution in [2.75, 3.05) is 6.61 Å². The van der Waals surface area contributed by atoms with Gasteiger partial charge in [-0.15, -0.1) is 0 Å². The number of fused-ring (bicyclic) bond motifs is 1. The molecule has 0 aromatic rings. The highest BCUT2D eigenvalue weighted by molar-refractivity contribution is 5.89. The Hall–Kier alpha value is -1.20. The minimum Gasteiger partial charge on any atom is -0.462 e. The van der Waals surface area contributed by atoms with Gasteiger partial charge in [-0.25, -0.2) is 0 Å². The molecule has 0 radical (unpaired) electrons. The van der Waals surface area contributed by atoms with Crippen molar-refractivity contribution in [3.8, 4) is 0 Å². The molecule has 5 heteroatoms. The number of hydrogen-bond acceptors (Lipinski definition) is 5. The standard InChI is InChI=1S/C20H30O5/c1-2-3-4-7-14(21)9-10-15-16-12-19(22)24-18(16)13-17(15)25-20-8-5-6-11-23-20/h9-10,15-18,20H,2-8,11-13H2,1H3/b10-9+/t15-,16-,17-,18+,20?/m1/s1. The first kappa shape index (κ1) is 18.6. The molecule has 25 heavy (non-hydrogen) atoms. The van der Waals surface area contributed by atoms with Gasteiger partial charge in [0.2, 0.25) is 0 Å². The monoisotopic (exact) mass is 350 g/mol. The first-order valence-corrected chi connectivity index (χ1v) is 9.85. The summed E-state index contributed by atoms with van der Waals surface area (Å²) in [5, 5.41) is 0. The van der Waals surface area contributed by atoms with Crippen LogP contribution in [0.2, 0.25) is 0 Å². The highest BCUT2D eigenvalue weighted by Crippen LogP contribution is 2.44. The molecule has 3 aliphatic rings. The summed E-state index contributed by atoms with van der Waals surface area (Å²) < 4.78 is 17.3. The Kier molecular flexibility index (Phi) is 6.65. The van der Waals surface area contributed by atoms with Crippen LogP contribution >= 0.6 is 0 Å². The molecule has 3 fully saturated rings. The fraction of sp³-hybridized carbons (Fsp3) is 0.800. The molecule has 1 saturated carbocycles. The lowest BCUT2D eigenvalue weighted by Crippen LogP contribution is -2.31. The summed E-state index contributed by atoms with van der Waals surface area (Å²) >= 11 is 0. The van der Waals surface area contributed by atoms with Crippen LogP contribution < -0.4 is 0 Å². The van der Waals surface area contributed by atoms with E-state index < -0.39 is 0 Å². The molecule has 5 nitrogen and oxygen atoms in total. The molecular formula is C20H30O5. The summed E-state index contributed by atoms with van der Waals surface area (Å²) in [5.41, 5.74) is 0. The van der Waals surface area contributed by atoms with Crippen LogP contribution in [0.1, 0.15) is 64.7 Å². The number of carbonyl (C=O) groups is 2. The first-order valence-electron chi connectivity index (χ1n) is 9.85. The minimum atomic E-state index is -0.163. The Morgan fingerprint density at radius 2 is 2.20 bits per heavy atom. The second-order valence-electron chi connectivity index (χ2n) is 7.46. The predicted molar refractivity (Wildman–Crippen MR) is 92.8 cm³/mol. The van der Waals surface area contributed by atoms with Crippen LogP contribution in [0, 0.1) is 11.8 Å². The summed E-state index contributed by atoms with van der Waals surface area (Å²) in [6, 6.07) is 0. The van der Waals surface area contributed by atoms with E-state index in [0.717, 1.165) is 45.1 Å². The molecule has 1 aliphatic carbocycles. The van der Waals surface area contributed by atoms with Crippen molar-refractivity contribution in [3.05, 3.63) is 12.2 Å². The topological polar surface area (TPSA) is 61.8 Å². The van der Waals surface area contributed by atoms with Crippen molar-refractivity contribution in [2.24, 2.45) is 11.8 Å². The summed E-state index contributed by atoms with van der Waals surface area (Å²) in [7, 11) is 0. The summed E-state index contributed by atoms with van der Waals surface area (Å²) in [6.07, 6.45) is 11.4. The maximum atomic E-state index is 12.1. The molecule has 1 unspecified atom stereocenters. The number of esters is 1. The molecule has 0 bridgehead atoms. The van der Waals surface area contributed by atoms with Gasteiger partial charge >= 0.3 is 5.97 Å². The molecule has 5 atom stereocenters. The second kappa shape index (κ2) is 8.95. The lowest BCUT2D eigenvalue weighted by molar-refractivity contribution is -0.194. The van der Waals surface area contributed by atoms with E-state index in [9.17, 15) is 9.59 Å². The van der Waals surface area contributed by atoms with Crippen molar-refractivity contribution >= 4 is 11.8 Å². The van der Waals surface area contributed by atoms with Crippen LogP contribution in [0.4, 0.5) is 0 Å². The van der Waals surface area contributed by atoms with Gasteiger partial charge in [-0.1, -0.05) is 25.8 Å². The molecule has 0 spiro atoms. The van der Waals surface area contributed by atoms with Crippen LogP contribution in [0.5, 0.6) is 0 Å². The molecule has 3 rings (SSSR count). The van der Waals surface area contributed by atoms with Crippen molar-refractivity contribution in [1.29, 1.82) is 0 Å². The van der Waals surface area contributed by atoms with Crippen LogP contribution in [0.15, 0.2) is 12.2 Å². The fourth-order valence-corrected chi connectivity index (χ4v) is 4.17. The highest BCUT2D eigenvalue weighted by Gasteiger charge is 2.50. The van der Waals surface area contributed by atoms with Gasteiger partial charge in [-0.05, 0) is 31.8 Å². The third-order valence-corrected chi connectivity index (χ3v) is 5.55. The van der Waals surface area contributed by atoms with E-state index in [2.05, 4.69) is 6.92 Å². The Labute approximate surface area is 150 Å². The number of ketones is 1. The number of carbonyl (C=O) groups excluding carboxylic acids is 2. The molecule has 2 saturated heterocycles. The average Bonchev–Trinajstić information content (AvgIpc) is 3.10. The molecule has 0 aromatic heterocycles. The molecule has 2 heterocycles. The number of rotatable bonds is 8. The van der Waals surface area contributed by atoms with Crippen molar-refractivity contribution < 1.29 is 23.8 Å². The van der Waals surface area contributed by atoms with Gasteiger partial charge in [0.1, 0.15) is 6.10 Å². The summed E-state index contributed by atoms with van der Waals surface area (Å²) in [6.45, 7) is 2.88. The van der Waals surface area contributed by atoms with E-state index in [-0.39, 0.29) is 42.1 Å². The van der Waals surface area contributed by atoms with Gasteiger partial charge in [0.25, 0.3) is 0 Å². The van der Waals surface area contributed by atoms with E-state index in [1.54, 1.807) is 6.08 Å². The molecular weight excluding hydrogens is 320 g/mol. The lowest BCUT2D eigenvalue weighted by Gasteiger charge is -2.28. The molecule has 0 N–H and O–H groups in total. The maximum absolute atomic E-state index is 12.1. The lowest BCUT2D eigenvalue weighted by atomic mass is 9.91. The van der Waals surface area contributed by atoms with Gasteiger partial charge in [0, 0.05) is 31.3 Å². The Morgan fingerprint density at radius 1 is 1.32 bits per heavy atom. The van der Waals surface area contributed by atoms with E-state index in [4.69, 9.17) is 14.2 Å². The van der Waals surface area contributed by atoms with Gasteiger partial charge in [0.15, 0.2) is 12.1 Å². The zero-order valence-corrected chi connectivity index (χ0v) is 15.2. The Bertz CT molecular complexity index is 494. The van der Waals surface area contributed by atoms with Crippen molar-refractivity contribution in [1.82, 2.24) is 0 Å². The Balaban J connectivity index is 1.60. The number of unbranched alkanes of at least 4 members (excludes halogenated alkanes) is 2. The number of ether oxygens (including phenoxy) is 3. The zero-order chi connectivity index (χ0) is 17.6. The SMILES string of the molecule is CCCCCC(=O)/C=C/[C@@H]1[C@H]2CC(=O)O[C@H]2C[C@H]1OC1CCCCO1. The van der Waals surface area contributed by atoms with E-state index >= 15 is 0 Å². The van der Waals surface area contributed by atoms with Crippen molar-refractivity contribution in [3.63, 3.8) is 0 Å². The van der Waals surface area contributed by atoms with Crippen molar-refractivity contribution in [2.45, 2.75) is 83.2 Å². The summed E-state index contributed by atoms with van der Waals surface area (Å²) in [5.74, 6) is 0.211. The van der Waals surface area contributed by atoms with Crippen LogP contribution in [-0.2, 0) is 23.8 Å². The largest absolute Gasteiger partial charge is 0.462 e. The quantitative estimate of drug-likeness (QED) is 0.380. The van der Waals surface area contributed by atoms with Crippen LogP contribution in [0.3, 0.4) is 0 Å². The van der Waals surface area contributed by atoms with Gasteiger partial charge in [0.05, 0.1) is 12.5 Å². The van der Waals surface area contributed by atoms with E-state index in [1.165, 1.54) is 0 Å². The molecule has 0 amide bonds. The number of allylic oxidation sites excluding steroid dienone is 1. The molecule has 0 aromatic carbocycles. The smallest absolute Gasteiger partial charge is 0.306 e. The average molecular weight is 350 g/mol. The van der Waals surface area contributed by atoms with Crippen LogP contribution in [-0.4, -0.2) is 36.9 Å². The predicted octanol–water partition coefficient (Wildman–Crippen LogP) is 3.56. The minimum absolute atomic E-state index is 0.0362. The molecule has 2 aliphatic heterocycles. The van der Waals surface area contributed by atoms with Gasteiger partial charge in [-0.2, -0.15) is 0 Å². The second-order valence-corrected chi connectivity index (χ2v) is 7.46. The zero-order valence-electron chi connectivity index (χ0n) is 15.2. The highest BCUT2D eigenvalue weighted by atomic mass is 16.7. The first-order chi connectivity index (χ1) is 12.2. The van der Waals surface area contributed by atoms with E-state index in [1.807, 2.05) is 6.08 Å².